The third-order valence-corrected chi connectivity index (χ3v) is 6.08. The number of aromatic nitrogens is 1. The highest BCUT2D eigenvalue weighted by molar-refractivity contribution is 6.01. The van der Waals surface area contributed by atoms with E-state index in [1.807, 2.05) is 0 Å². The first kappa shape index (κ1) is 18.3. The molecule has 28 heavy (non-hydrogen) atoms. The van der Waals surface area contributed by atoms with Gasteiger partial charge in [-0.05, 0) is 37.5 Å². The highest BCUT2D eigenvalue weighted by Gasteiger charge is 2.75. The molecule has 2 aliphatic rings. The molecule has 146 valence electrons. The van der Waals surface area contributed by atoms with Gasteiger partial charge in [-0.1, -0.05) is 12.5 Å². The van der Waals surface area contributed by atoms with Gasteiger partial charge in [-0.25, -0.2) is 4.39 Å². The molecule has 2 aliphatic carbocycles. The average molecular weight is 387 g/mol. The summed E-state index contributed by atoms with van der Waals surface area (Å²) in [5, 5.41) is 2.82. The lowest BCUT2D eigenvalue weighted by atomic mass is 9.87. The van der Waals surface area contributed by atoms with Gasteiger partial charge >= 0.3 is 0 Å². The monoisotopic (exact) mass is 387 g/mol. The lowest BCUT2D eigenvalue weighted by Crippen LogP contribution is -2.29. The number of nitrogens with one attached hydrogen (secondary N) is 1. The second-order valence-electron chi connectivity index (χ2n) is 7.38. The molecule has 1 heterocycles. The van der Waals surface area contributed by atoms with Crippen LogP contribution >= 0.6 is 0 Å². The molecule has 2 fully saturated rings. The van der Waals surface area contributed by atoms with Crippen LogP contribution in [0.2, 0.25) is 0 Å². The van der Waals surface area contributed by atoms with Crippen molar-refractivity contribution in [2.75, 3.05) is 12.4 Å². The Morgan fingerprint density at radius 2 is 2.04 bits per heavy atom. The molecule has 0 spiro atoms. The van der Waals surface area contributed by atoms with Crippen molar-refractivity contribution < 1.29 is 23.1 Å². The molecule has 0 aliphatic heterocycles. The van der Waals surface area contributed by atoms with Crippen molar-refractivity contribution in [3.63, 3.8) is 0 Å². The summed E-state index contributed by atoms with van der Waals surface area (Å²) in [7, 11) is 1.29. The zero-order valence-corrected chi connectivity index (χ0v) is 15.2. The fraction of sp³-hybridized carbons (Fsp3) is 0.350. The Kier molecular flexibility index (Phi) is 4.10. The van der Waals surface area contributed by atoms with E-state index < -0.39 is 28.4 Å². The van der Waals surface area contributed by atoms with E-state index in [0.29, 0.717) is 30.5 Å². The maximum absolute atomic E-state index is 14.2. The fourth-order valence-electron chi connectivity index (χ4n) is 4.72. The summed E-state index contributed by atoms with van der Waals surface area (Å²) in [6, 6.07) is 5.56. The van der Waals surface area contributed by atoms with Gasteiger partial charge in [-0.3, -0.25) is 14.6 Å². The summed E-state index contributed by atoms with van der Waals surface area (Å²) in [4.78, 5) is 28.3. The van der Waals surface area contributed by atoms with Gasteiger partial charge in [0, 0.05) is 22.9 Å². The van der Waals surface area contributed by atoms with Gasteiger partial charge in [0.2, 0.25) is 11.7 Å². The van der Waals surface area contributed by atoms with E-state index in [2.05, 4.69) is 10.3 Å². The number of ether oxygens (including phenoxy) is 1. The van der Waals surface area contributed by atoms with Crippen LogP contribution in [0.25, 0.3) is 0 Å². The molecule has 2 saturated carbocycles. The quantitative estimate of drug-likeness (QED) is 0.825. The number of anilines is 1. The van der Waals surface area contributed by atoms with Crippen molar-refractivity contribution in [1.29, 1.82) is 0 Å². The molecule has 8 heteroatoms. The van der Waals surface area contributed by atoms with Gasteiger partial charge in [0.05, 0.1) is 12.5 Å². The zero-order chi connectivity index (χ0) is 20.1. The first-order valence-electron chi connectivity index (χ1n) is 8.94. The lowest BCUT2D eigenvalue weighted by Gasteiger charge is -2.21. The first-order chi connectivity index (χ1) is 13.3. The number of primary amides is 1. The summed E-state index contributed by atoms with van der Waals surface area (Å²) in [5.74, 6) is -3.08. The Hall–Kier alpha value is -3.03. The second kappa shape index (κ2) is 6.25. The number of rotatable bonds is 5. The number of carbonyl (C=O) groups is 2. The van der Waals surface area contributed by atoms with Crippen molar-refractivity contribution in [1.82, 2.24) is 4.98 Å². The minimum absolute atomic E-state index is 0.0473. The molecule has 0 bridgehead atoms. The SMILES string of the molecule is COc1c(C23CCCC2(C(=O)Nc2ccnc(C(N)=O)c2)C3)ccc(F)c1F. The molecule has 3 N–H and O–H groups in total. The number of fused-ring (bicyclic) bond motifs is 1. The number of nitrogens with zero attached hydrogens (tertiary/aromatic N) is 1. The van der Waals surface area contributed by atoms with Crippen LogP contribution in [0.4, 0.5) is 14.5 Å². The highest BCUT2D eigenvalue weighted by atomic mass is 19.2. The van der Waals surface area contributed by atoms with E-state index in [-0.39, 0.29) is 17.4 Å². The van der Waals surface area contributed by atoms with Gasteiger partial charge in [-0.2, -0.15) is 4.39 Å². The second-order valence-corrected chi connectivity index (χ2v) is 7.38. The van der Waals surface area contributed by atoms with Gasteiger partial charge in [-0.15, -0.1) is 0 Å². The summed E-state index contributed by atoms with van der Waals surface area (Å²) in [6.07, 6.45) is 4.03. The molecule has 4 rings (SSSR count). The van der Waals surface area contributed by atoms with Crippen molar-refractivity contribution >= 4 is 17.5 Å². The first-order valence-corrected chi connectivity index (χ1v) is 8.94. The summed E-state index contributed by atoms with van der Waals surface area (Å²) < 4.78 is 33.0. The lowest BCUT2D eigenvalue weighted by molar-refractivity contribution is -0.121. The number of methoxy groups -OCH3 is 1. The molecule has 2 amide bonds. The molecule has 2 unspecified atom stereocenters. The maximum atomic E-state index is 14.2. The molecule has 0 radical (unpaired) electrons. The van der Waals surface area contributed by atoms with E-state index in [1.165, 1.54) is 25.4 Å². The third-order valence-electron chi connectivity index (χ3n) is 6.08. The van der Waals surface area contributed by atoms with E-state index >= 15 is 0 Å². The molecule has 2 atom stereocenters. The average Bonchev–Trinajstić information content (AvgIpc) is 3.20. The molecule has 2 aromatic rings. The number of nitrogens with two attached hydrogens (primary N) is 1. The predicted octanol–water partition coefficient (Wildman–Crippen LogP) is 2.92. The Morgan fingerprint density at radius 3 is 2.75 bits per heavy atom. The molecule has 1 aromatic carbocycles. The number of pyridine rings is 1. The van der Waals surface area contributed by atoms with Crippen LogP contribution in [-0.4, -0.2) is 23.9 Å². The van der Waals surface area contributed by atoms with Gasteiger partial charge in [0.15, 0.2) is 11.6 Å². The standard InChI is InChI=1S/C20H19F2N3O3/c1-28-16-12(3-4-13(21)15(16)22)19-6-2-7-20(19,10-19)18(27)25-11-5-8-24-14(9-11)17(23)26/h3-5,8-9H,2,6-7,10H2,1H3,(H2,23,26)(H,24,25,27). The minimum Gasteiger partial charge on any atom is -0.493 e. The zero-order valence-electron chi connectivity index (χ0n) is 15.2. The molecule has 0 saturated heterocycles. The fourth-order valence-corrected chi connectivity index (χ4v) is 4.72. The summed E-state index contributed by atoms with van der Waals surface area (Å²) in [5.41, 5.74) is 4.90. The summed E-state index contributed by atoms with van der Waals surface area (Å²) >= 11 is 0. The van der Waals surface area contributed by atoms with Crippen LogP contribution in [0, 0.1) is 17.0 Å². The topological polar surface area (TPSA) is 94.3 Å². The Bertz CT molecular complexity index is 997. The Balaban J connectivity index is 1.66. The predicted molar refractivity (Wildman–Crippen MR) is 96.9 cm³/mol. The minimum atomic E-state index is -1.04. The van der Waals surface area contributed by atoms with Gasteiger partial charge in [0.25, 0.3) is 5.91 Å². The number of halogens is 2. The number of hydrogen-bond donors (Lipinski definition) is 2. The van der Waals surface area contributed by atoms with Crippen LogP contribution < -0.4 is 15.8 Å². The van der Waals surface area contributed by atoms with Crippen LogP contribution in [0.3, 0.4) is 0 Å². The highest BCUT2D eigenvalue weighted by Crippen LogP contribution is 2.75. The third kappa shape index (κ3) is 2.47. The molecular formula is C20H19F2N3O3. The number of carbonyl (C=O) groups excluding carboxylic acids is 2. The van der Waals surface area contributed by atoms with E-state index in [4.69, 9.17) is 10.5 Å². The van der Waals surface area contributed by atoms with Crippen LogP contribution in [-0.2, 0) is 10.2 Å². The van der Waals surface area contributed by atoms with Crippen LogP contribution in [0.1, 0.15) is 41.7 Å². The molecule has 6 nitrogen and oxygen atoms in total. The van der Waals surface area contributed by atoms with Gasteiger partial charge in [0.1, 0.15) is 5.69 Å². The van der Waals surface area contributed by atoms with Crippen LogP contribution in [0.5, 0.6) is 5.75 Å². The van der Waals surface area contributed by atoms with Crippen molar-refractivity contribution in [3.05, 3.63) is 53.4 Å². The van der Waals surface area contributed by atoms with E-state index in [9.17, 15) is 18.4 Å². The molecule has 1 aromatic heterocycles. The van der Waals surface area contributed by atoms with E-state index in [0.717, 1.165) is 12.5 Å². The molecular weight excluding hydrogens is 368 g/mol. The van der Waals surface area contributed by atoms with Gasteiger partial charge < -0.3 is 15.8 Å². The Morgan fingerprint density at radius 1 is 1.25 bits per heavy atom. The van der Waals surface area contributed by atoms with Crippen molar-refractivity contribution in [2.45, 2.75) is 31.1 Å². The Labute approximate surface area is 160 Å². The number of amides is 2. The van der Waals surface area contributed by atoms with E-state index in [1.54, 1.807) is 6.07 Å². The largest absolute Gasteiger partial charge is 0.493 e. The maximum Gasteiger partial charge on any atom is 0.267 e. The smallest absolute Gasteiger partial charge is 0.267 e. The number of benzene rings is 1. The summed E-state index contributed by atoms with van der Waals surface area (Å²) in [6.45, 7) is 0. The van der Waals surface area contributed by atoms with Crippen LogP contribution in [0.15, 0.2) is 30.5 Å². The number of hydrogen-bond acceptors (Lipinski definition) is 4. The normalized spacial score (nSPS) is 25.1. The van der Waals surface area contributed by atoms with Crippen molar-refractivity contribution in [2.24, 2.45) is 11.1 Å². The van der Waals surface area contributed by atoms with Crippen molar-refractivity contribution in [3.8, 4) is 5.75 Å².